The van der Waals surface area contributed by atoms with Gasteiger partial charge >= 0.3 is 0 Å². The number of fused-ring (bicyclic) bond motifs is 3. The largest absolute Gasteiger partial charge is 0.287 e. The predicted octanol–water partition coefficient (Wildman–Crippen LogP) is 3.77. The molecule has 14 heteroatoms. The molecule has 0 heterocycles. The van der Waals surface area contributed by atoms with Crippen LogP contribution in [0.2, 0.25) is 0 Å². The third-order valence-corrected chi connectivity index (χ3v) is 5.07. The zero-order valence-electron chi connectivity index (χ0n) is 16.1. The van der Waals surface area contributed by atoms with E-state index in [1.165, 1.54) is 12.1 Å². The van der Waals surface area contributed by atoms with Crippen molar-refractivity contribution in [2.24, 2.45) is 0 Å². The summed E-state index contributed by atoms with van der Waals surface area (Å²) in [5, 5.41) is 65.5. The fourth-order valence-electron chi connectivity index (χ4n) is 3.79. The molecule has 0 unspecified atom stereocenters. The second-order valence-corrected chi connectivity index (χ2v) is 6.59. The van der Waals surface area contributed by atoms with Gasteiger partial charge in [0.15, 0.2) is 0 Å². The van der Waals surface area contributed by atoms with Crippen molar-refractivity contribution in [1.29, 1.82) is 10.5 Å². The molecule has 158 valence electrons. The molecule has 0 aromatic heterocycles. The Bertz CT molecular complexity index is 1320. The van der Waals surface area contributed by atoms with E-state index in [0.29, 0.717) is 0 Å². The average Bonchev–Trinajstić information content (AvgIpc) is 3.00. The molecule has 0 radical (unpaired) electrons. The first-order chi connectivity index (χ1) is 15.0. The van der Waals surface area contributed by atoms with E-state index in [1.54, 1.807) is 0 Å². The summed E-state index contributed by atoms with van der Waals surface area (Å²) in [5.74, 6) is 0. The Morgan fingerprint density at radius 2 is 1.06 bits per heavy atom. The lowest BCUT2D eigenvalue weighted by molar-refractivity contribution is -0.396. The zero-order valence-corrected chi connectivity index (χ0v) is 16.1. The first-order valence-electron chi connectivity index (χ1n) is 8.46. The van der Waals surface area contributed by atoms with Gasteiger partial charge in [-0.25, -0.2) is 0 Å². The summed E-state index contributed by atoms with van der Waals surface area (Å²) < 4.78 is 0. The summed E-state index contributed by atoms with van der Waals surface area (Å²) in [6.45, 7) is 2.16. The molecule has 2 aromatic carbocycles. The van der Waals surface area contributed by atoms with Crippen molar-refractivity contribution in [2.75, 3.05) is 0 Å². The first kappa shape index (κ1) is 21.5. The average molecular weight is 436 g/mol. The van der Waals surface area contributed by atoms with Gasteiger partial charge in [-0.2, -0.15) is 10.5 Å². The number of nitriles is 2. The quantitative estimate of drug-likeness (QED) is 0.327. The van der Waals surface area contributed by atoms with E-state index in [1.807, 2.05) is 0 Å². The summed E-state index contributed by atoms with van der Waals surface area (Å²) in [6.07, 6.45) is 0. The molecular weight excluding hydrogens is 428 g/mol. The lowest BCUT2D eigenvalue weighted by atomic mass is 9.95. The van der Waals surface area contributed by atoms with Crippen LogP contribution in [-0.2, 0) is 0 Å². The molecule has 0 saturated heterocycles. The van der Waals surface area contributed by atoms with Gasteiger partial charge in [0.2, 0.25) is 0 Å². The number of hydrogen-bond donors (Lipinski definition) is 0. The summed E-state index contributed by atoms with van der Waals surface area (Å²) >= 11 is 0. The van der Waals surface area contributed by atoms with Crippen molar-refractivity contribution < 1.29 is 19.7 Å². The molecule has 0 saturated carbocycles. The highest BCUT2D eigenvalue weighted by Crippen LogP contribution is 2.57. The Balaban J connectivity index is 2.77. The van der Waals surface area contributed by atoms with Gasteiger partial charge in [-0.1, -0.05) is 0 Å². The van der Waals surface area contributed by atoms with Crippen molar-refractivity contribution in [3.8, 4) is 23.3 Å². The third kappa shape index (κ3) is 2.79. The number of rotatable bonds is 4. The molecular formula is C18H8N6O8. The van der Waals surface area contributed by atoms with E-state index in [0.717, 1.165) is 26.0 Å². The number of allylic oxidation sites excluding steroid dienone is 1. The van der Waals surface area contributed by atoms with Crippen molar-refractivity contribution in [3.63, 3.8) is 0 Å². The molecule has 1 aliphatic rings. The SMILES string of the molecule is Cc1c([N+](=O)[O-])cc2c(c1[N+](=O)[O-])-c1c(cc([N+](=O)[O-])c(C)c1[N+](=O)[O-])C2=C(C#N)C#N. The van der Waals surface area contributed by atoms with Crippen LogP contribution in [0.15, 0.2) is 17.7 Å². The number of benzene rings is 2. The van der Waals surface area contributed by atoms with Crippen LogP contribution in [0.1, 0.15) is 22.3 Å². The van der Waals surface area contributed by atoms with Crippen LogP contribution < -0.4 is 0 Å². The van der Waals surface area contributed by atoms with Gasteiger partial charge in [0.05, 0.1) is 30.8 Å². The van der Waals surface area contributed by atoms with Crippen LogP contribution in [0, 0.1) is 77.0 Å². The molecule has 0 atom stereocenters. The Kier molecular flexibility index (Phi) is 4.85. The number of nitro groups is 4. The second-order valence-electron chi connectivity index (χ2n) is 6.59. The van der Waals surface area contributed by atoms with Gasteiger partial charge in [-0.15, -0.1) is 0 Å². The highest BCUT2D eigenvalue weighted by Gasteiger charge is 2.44. The van der Waals surface area contributed by atoms with E-state index in [2.05, 4.69) is 0 Å². The normalized spacial score (nSPS) is 11.1. The predicted molar refractivity (Wildman–Crippen MR) is 105 cm³/mol. The van der Waals surface area contributed by atoms with Gasteiger partial charge in [0.25, 0.3) is 22.7 Å². The molecule has 0 spiro atoms. The van der Waals surface area contributed by atoms with Gasteiger partial charge in [-0.3, -0.25) is 40.5 Å². The minimum atomic E-state index is -0.965. The highest BCUT2D eigenvalue weighted by atomic mass is 16.6. The Morgan fingerprint density at radius 3 is 1.31 bits per heavy atom. The van der Waals surface area contributed by atoms with Gasteiger partial charge in [0.1, 0.15) is 28.8 Å². The maximum absolute atomic E-state index is 11.9. The molecule has 1 aliphatic carbocycles. The Labute approximate surface area is 176 Å². The molecule has 14 nitrogen and oxygen atoms in total. The standard InChI is InChI=1S/C18H8N6O8/c1-7-12(21(25)26)3-10-14(9(5-19)6-20)11-4-13(22(27)28)8(2)18(24(31)32)16(11)15(10)17(7)23(29)30/h3-4H,1-2H3. The van der Waals surface area contributed by atoms with Crippen molar-refractivity contribution >= 4 is 28.3 Å². The molecule has 0 fully saturated rings. The van der Waals surface area contributed by atoms with Crippen molar-refractivity contribution in [3.05, 3.63) is 80.4 Å². The van der Waals surface area contributed by atoms with Crippen LogP contribution in [0.25, 0.3) is 16.7 Å². The fraction of sp³-hybridized carbons (Fsp3) is 0.111. The smallest absolute Gasteiger partial charge is 0.258 e. The molecule has 32 heavy (non-hydrogen) atoms. The molecule has 0 N–H and O–H groups in total. The minimum absolute atomic E-state index is 0.343. The zero-order chi connectivity index (χ0) is 24.1. The summed E-state index contributed by atoms with van der Waals surface area (Å²) in [7, 11) is 0. The maximum Gasteiger partial charge on any atom is 0.287 e. The highest BCUT2D eigenvalue weighted by molar-refractivity contribution is 6.11. The van der Waals surface area contributed by atoms with E-state index in [4.69, 9.17) is 0 Å². The van der Waals surface area contributed by atoms with Crippen LogP contribution >= 0.6 is 0 Å². The van der Waals surface area contributed by atoms with Crippen LogP contribution in [-0.4, -0.2) is 19.7 Å². The summed E-state index contributed by atoms with van der Waals surface area (Å²) in [4.78, 5) is 43.0. The lowest BCUT2D eigenvalue weighted by Crippen LogP contribution is -2.03. The molecule has 0 bridgehead atoms. The monoisotopic (exact) mass is 436 g/mol. The topological polar surface area (TPSA) is 220 Å². The fourth-order valence-corrected chi connectivity index (χ4v) is 3.79. The summed E-state index contributed by atoms with van der Waals surface area (Å²) in [5.41, 5.74) is -6.52. The van der Waals surface area contributed by atoms with E-state index >= 15 is 0 Å². The minimum Gasteiger partial charge on any atom is -0.258 e. The molecule has 3 rings (SSSR count). The molecule has 0 aliphatic heterocycles. The Hall–Kier alpha value is -5.24. The number of hydrogen-bond acceptors (Lipinski definition) is 10. The number of nitrogens with zero attached hydrogens (tertiary/aromatic N) is 6. The van der Waals surface area contributed by atoms with E-state index in [9.17, 15) is 51.0 Å². The van der Waals surface area contributed by atoms with E-state index < -0.39 is 75.8 Å². The Morgan fingerprint density at radius 1 is 0.719 bits per heavy atom. The first-order valence-corrected chi connectivity index (χ1v) is 8.46. The van der Waals surface area contributed by atoms with Gasteiger partial charge in [0, 0.05) is 28.8 Å². The van der Waals surface area contributed by atoms with Crippen molar-refractivity contribution in [1.82, 2.24) is 0 Å². The second kappa shape index (κ2) is 7.22. The molecule has 2 aromatic rings. The van der Waals surface area contributed by atoms with Crippen LogP contribution in [0.3, 0.4) is 0 Å². The van der Waals surface area contributed by atoms with E-state index in [-0.39, 0.29) is 11.1 Å². The van der Waals surface area contributed by atoms with Gasteiger partial charge in [-0.05, 0) is 13.8 Å². The van der Waals surface area contributed by atoms with Crippen LogP contribution in [0.4, 0.5) is 22.7 Å². The van der Waals surface area contributed by atoms with Crippen molar-refractivity contribution in [2.45, 2.75) is 13.8 Å². The number of nitro benzene ring substituents is 4. The summed E-state index contributed by atoms with van der Waals surface area (Å²) in [6, 6.07) is 4.81. The maximum atomic E-state index is 11.9. The lowest BCUT2D eigenvalue weighted by Gasteiger charge is -2.08. The third-order valence-electron chi connectivity index (χ3n) is 5.07. The molecule has 0 amide bonds. The van der Waals surface area contributed by atoms with Crippen LogP contribution in [0.5, 0.6) is 0 Å². The van der Waals surface area contributed by atoms with Gasteiger partial charge < -0.3 is 0 Å².